The maximum absolute atomic E-state index is 12.7. The summed E-state index contributed by atoms with van der Waals surface area (Å²) in [4.78, 5) is 41.3. The number of hydroxylamine groups is 2. The van der Waals surface area contributed by atoms with Crippen molar-refractivity contribution < 1.29 is 19.2 Å². The third-order valence-corrected chi connectivity index (χ3v) is 5.10. The van der Waals surface area contributed by atoms with Gasteiger partial charge in [-0.3, -0.25) is 9.59 Å². The van der Waals surface area contributed by atoms with Crippen LogP contribution in [0.4, 0.5) is 0 Å². The van der Waals surface area contributed by atoms with Gasteiger partial charge in [0, 0.05) is 12.8 Å². The van der Waals surface area contributed by atoms with Gasteiger partial charge in [0.25, 0.3) is 11.8 Å². The van der Waals surface area contributed by atoms with Crippen LogP contribution in [0.2, 0.25) is 0 Å². The normalized spacial score (nSPS) is 13.9. The minimum absolute atomic E-state index is 0.0850. The number of carbonyl (C=O) groups is 3. The molecule has 28 heavy (non-hydrogen) atoms. The lowest BCUT2D eigenvalue weighted by molar-refractivity contribution is -0.172. The van der Waals surface area contributed by atoms with E-state index >= 15 is 0 Å². The smallest absolute Gasteiger partial charge is 0.325 e. The van der Waals surface area contributed by atoms with Crippen molar-refractivity contribution in [3.8, 4) is 0 Å². The fourth-order valence-electron chi connectivity index (χ4n) is 3.26. The van der Waals surface area contributed by atoms with E-state index in [1.165, 1.54) is 11.1 Å². The largest absolute Gasteiger partial charge is 0.364 e. The van der Waals surface area contributed by atoms with Crippen LogP contribution >= 0.6 is 0 Å². The van der Waals surface area contributed by atoms with Crippen LogP contribution in [0.1, 0.15) is 59.3 Å². The molecule has 1 saturated heterocycles. The second-order valence-corrected chi connectivity index (χ2v) is 6.98. The summed E-state index contributed by atoms with van der Waals surface area (Å²) in [6.45, 7) is 4.13. The van der Waals surface area contributed by atoms with Gasteiger partial charge in [0.2, 0.25) is 0 Å². The zero-order valence-corrected chi connectivity index (χ0v) is 16.4. The molecule has 1 aliphatic rings. The first kappa shape index (κ1) is 19.8. The van der Waals surface area contributed by atoms with Crippen LogP contribution in [0.5, 0.6) is 0 Å². The van der Waals surface area contributed by atoms with Gasteiger partial charge in [-0.25, -0.2) is 4.79 Å². The third-order valence-electron chi connectivity index (χ3n) is 5.10. The van der Waals surface area contributed by atoms with Crippen LogP contribution in [0.25, 0.3) is 0 Å². The molecule has 3 rings (SSSR count). The predicted octanol–water partition coefficient (Wildman–Crippen LogP) is 3.82. The van der Waals surface area contributed by atoms with Gasteiger partial charge in [0.1, 0.15) is 0 Å². The van der Waals surface area contributed by atoms with Crippen LogP contribution in [-0.2, 0) is 40.1 Å². The van der Waals surface area contributed by atoms with E-state index in [2.05, 4.69) is 31.2 Å². The molecular formula is C23H25NO4. The number of nitrogens with zero attached hydrogens (tertiary/aromatic N) is 1. The van der Waals surface area contributed by atoms with E-state index in [0.29, 0.717) is 17.0 Å². The topological polar surface area (TPSA) is 63.7 Å². The van der Waals surface area contributed by atoms with Crippen molar-refractivity contribution in [3.63, 3.8) is 0 Å². The molecule has 0 saturated carbocycles. The van der Waals surface area contributed by atoms with Crippen LogP contribution in [0.15, 0.2) is 42.5 Å². The van der Waals surface area contributed by atoms with Crippen molar-refractivity contribution in [1.82, 2.24) is 5.06 Å². The van der Waals surface area contributed by atoms with Crippen LogP contribution in [0, 0.1) is 0 Å². The summed E-state index contributed by atoms with van der Waals surface area (Å²) in [7, 11) is 0. The molecule has 146 valence electrons. The monoisotopic (exact) mass is 379 g/mol. The van der Waals surface area contributed by atoms with Crippen molar-refractivity contribution in [1.29, 1.82) is 0 Å². The number of rotatable bonds is 7. The summed E-state index contributed by atoms with van der Waals surface area (Å²) in [5.41, 5.74) is 4.75. The molecule has 2 amide bonds. The zero-order chi connectivity index (χ0) is 20.1. The first-order chi connectivity index (χ1) is 13.5. The van der Waals surface area contributed by atoms with Crippen molar-refractivity contribution >= 4 is 17.8 Å². The molecule has 2 aromatic rings. The van der Waals surface area contributed by atoms with Crippen molar-refractivity contribution in [2.24, 2.45) is 0 Å². The number of imide groups is 1. The lowest BCUT2D eigenvalue weighted by Gasteiger charge is -2.15. The van der Waals surface area contributed by atoms with Gasteiger partial charge in [-0.2, -0.15) is 0 Å². The Morgan fingerprint density at radius 1 is 0.857 bits per heavy atom. The maximum atomic E-state index is 12.7. The molecule has 0 aromatic heterocycles. The Bertz CT molecular complexity index is 870. The third kappa shape index (κ3) is 4.47. The van der Waals surface area contributed by atoms with Crippen molar-refractivity contribution in [2.75, 3.05) is 0 Å². The molecule has 0 aliphatic carbocycles. The molecule has 5 nitrogen and oxygen atoms in total. The molecule has 0 spiro atoms. The fourth-order valence-corrected chi connectivity index (χ4v) is 3.26. The highest BCUT2D eigenvalue weighted by Gasteiger charge is 2.33. The van der Waals surface area contributed by atoms with Crippen molar-refractivity contribution in [3.05, 3.63) is 70.3 Å². The number of benzene rings is 2. The Kier molecular flexibility index (Phi) is 6.24. The predicted molar refractivity (Wildman–Crippen MR) is 106 cm³/mol. The van der Waals surface area contributed by atoms with Gasteiger partial charge in [-0.15, -0.1) is 5.06 Å². The molecule has 0 radical (unpaired) electrons. The van der Waals surface area contributed by atoms with Crippen LogP contribution < -0.4 is 0 Å². The molecular weight excluding hydrogens is 354 g/mol. The quantitative estimate of drug-likeness (QED) is 0.686. The summed E-state index contributed by atoms with van der Waals surface area (Å²) < 4.78 is 0. The van der Waals surface area contributed by atoms with Crippen LogP contribution in [0.3, 0.4) is 0 Å². The van der Waals surface area contributed by atoms with Gasteiger partial charge in [0.15, 0.2) is 0 Å². The Hall–Kier alpha value is -2.95. The summed E-state index contributed by atoms with van der Waals surface area (Å²) in [5.74, 6) is -1.60. The molecule has 0 unspecified atom stereocenters. The maximum Gasteiger partial charge on any atom is 0.364 e. The van der Waals surface area contributed by atoms with E-state index in [-0.39, 0.29) is 12.8 Å². The molecule has 2 aromatic carbocycles. The highest BCUT2D eigenvalue weighted by Crippen LogP contribution is 2.20. The fraction of sp³-hybridized carbons (Fsp3) is 0.348. The number of hydrogen-bond acceptors (Lipinski definition) is 4. The van der Waals surface area contributed by atoms with Gasteiger partial charge < -0.3 is 4.84 Å². The number of carbonyl (C=O) groups excluding carboxylic acids is 3. The standard InChI is InChI=1S/C23H25NO4/c1-3-16-5-7-18(8-6-16)10-12-19-11-9-17(4-2)15-20(19)23(27)28-24-21(25)13-14-22(24)26/h5-9,11,15H,3-4,10,12-14H2,1-2H3. The number of aryl methyl sites for hydroxylation is 4. The minimum atomic E-state index is -0.657. The average molecular weight is 379 g/mol. The second kappa shape index (κ2) is 8.83. The first-order valence-electron chi connectivity index (χ1n) is 9.79. The van der Waals surface area contributed by atoms with Gasteiger partial charge >= 0.3 is 5.97 Å². The zero-order valence-electron chi connectivity index (χ0n) is 16.4. The van der Waals surface area contributed by atoms with E-state index in [9.17, 15) is 14.4 Å². The van der Waals surface area contributed by atoms with E-state index in [1.54, 1.807) is 6.07 Å². The number of amides is 2. The van der Waals surface area contributed by atoms with E-state index < -0.39 is 17.8 Å². The Morgan fingerprint density at radius 3 is 2.04 bits per heavy atom. The molecule has 0 N–H and O–H groups in total. The lowest BCUT2D eigenvalue weighted by atomic mass is 9.96. The first-order valence-corrected chi connectivity index (χ1v) is 9.79. The highest BCUT2D eigenvalue weighted by molar-refractivity contribution is 6.03. The van der Waals surface area contributed by atoms with Crippen molar-refractivity contribution in [2.45, 2.75) is 52.4 Å². The molecule has 0 bridgehead atoms. The molecule has 5 heteroatoms. The molecule has 1 aliphatic heterocycles. The second-order valence-electron chi connectivity index (χ2n) is 6.98. The molecule has 1 fully saturated rings. The van der Waals surface area contributed by atoms with Gasteiger partial charge in [0.05, 0.1) is 5.56 Å². The minimum Gasteiger partial charge on any atom is -0.325 e. The lowest BCUT2D eigenvalue weighted by Crippen LogP contribution is -2.32. The average Bonchev–Trinajstić information content (AvgIpc) is 3.04. The van der Waals surface area contributed by atoms with Gasteiger partial charge in [-0.05, 0) is 54.0 Å². The van der Waals surface area contributed by atoms with E-state index in [0.717, 1.165) is 30.4 Å². The summed E-state index contributed by atoms with van der Waals surface area (Å²) in [6, 6.07) is 14.2. The van der Waals surface area contributed by atoms with Gasteiger partial charge in [-0.1, -0.05) is 50.2 Å². The van der Waals surface area contributed by atoms with E-state index in [4.69, 9.17) is 4.84 Å². The SMILES string of the molecule is CCc1ccc(CCc2ccc(CC)cc2C(=O)ON2C(=O)CCC2=O)cc1. The van der Waals surface area contributed by atoms with E-state index in [1.807, 2.05) is 19.1 Å². The summed E-state index contributed by atoms with van der Waals surface area (Å²) >= 11 is 0. The number of hydrogen-bond donors (Lipinski definition) is 0. The van der Waals surface area contributed by atoms with Crippen LogP contribution in [-0.4, -0.2) is 22.8 Å². The molecule has 1 heterocycles. The Balaban J connectivity index is 1.77. The highest BCUT2D eigenvalue weighted by atomic mass is 16.7. The summed E-state index contributed by atoms with van der Waals surface area (Å²) in [6.07, 6.45) is 3.41. The Morgan fingerprint density at radius 2 is 1.43 bits per heavy atom. The molecule has 0 atom stereocenters. The summed E-state index contributed by atoms with van der Waals surface area (Å²) in [5, 5.41) is 0.605. The Labute approximate surface area is 165 Å².